The minimum Gasteiger partial charge on any atom is -0.508 e. The monoisotopic (exact) mass is 409 g/mol. The molecule has 4 rings (SSSR count). The van der Waals surface area contributed by atoms with Crippen LogP contribution in [-0.2, 0) is 0 Å². The predicted molar refractivity (Wildman–Crippen MR) is 126 cm³/mol. The molecule has 0 unspecified atom stereocenters. The number of fused-ring (bicyclic) bond motifs is 1. The molecule has 0 saturated heterocycles. The van der Waals surface area contributed by atoms with Gasteiger partial charge in [-0.2, -0.15) is 0 Å². The van der Waals surface area contributed by atoms with E-state index in [2.05, 4.69) is 61.2 Å². The molecular formula is C26H35NOS. The quantitative estimate of drug-likeness (QED) is 0.479. The molecule has 0 radical (unpaired) electrons. The first kappa shape index (κ1) is 20.7. The van der Waals surface area contributed by atoms with Crippen molar-refractivity contribution in [3.8, 4) is 5.75 Å². The molecule has 0 spiro atoms. The number of phenols is 1. The zero-order valence-corrected chi connectivity index (χ0v) is 18.8. The first-order valence-electron chi connectivity index (χ1n) is 11.5. The van der Waals surface area contributed by atoms with Crippen molar-refractivity contribution in [3.63, 3.8) is 0 Å². The molecule has 1 fully saturated rings. The van der Waals surface area contributed by atoms with Gasteiger partial charge in [0.25, 0.3) is 0 Å². The Labute approximate surface area is 180 Å². The van der Waals surface area contributed by atoms with Crippen LogP contribution in [0.4, 0.5) is 11.4 Å². The Morgan fingerprint density at radius 1 is 1.03 bits per heavy atom. The van der Waals surface area contributed by atoms with Crippen LogP contribution in [0.1, 0.15) is 76.7 Å². The molecule has 2 aromatic carbocycles. The Hall–Kier alpha value is -1.61. The molecule has 1 N–H and O–H groups in total. The van der Waals surface area contributed by atoms with Crippen LogP contribution in [0.15, 0.2) is 47.4 Å². The fourth-order valence-corrected chi connectivity index (χ4v) is 6.04. The van der Waals surface area contributed by atoms with E-state index in [9.17, 15) is 5.11 Å². The largest absolute Gasteiger partial charge is 0.508 e. The van der Waals surface area contributed by atoms with Crippen LogP contribution in [0.5, 0.6) is 5.75 Å². The lowest BCUT2D eigenvalue weighted by atomic mass is 9.79. The molecule has 3 heteroatoms. The second kappa shape index (κ2) is 9.04. The molecule has 2 nitrogen and oxygen atoms in total. The van der Waals surface area contributed by atoms with Crippen LogP contribution >= 0.6 is 11.8 Å². The average Bonchev–Trinajstić information content (AvgIpc) is 3.59. The molecule has 0 aromatic heterocycles. The topological polar surface area (TPSA) is 23.5 Å². The third-order valence-corrected chi connectivity index (χ3v) is 8.03. The van der Waals surface area contributed by atoms with Crippen LogP contribution in [0.2, 0.25) is 0 Å². The molecule has 0 bridgehead atoms. The van der Waals surface area contributed by atoms with Crippen molar-refractivity contribution < 1.29 is 5.11 Å². The number of anilines is 2. The van der Waals surface area contributed by atoms with Gasteiger partial charge in [-0.15, -0.1) is 11.8 Å². The molecular weight excluding hydrogens is 374 g/mol. The van der Waals surface area contributed by atoms with E-state index in [4.69, 9.17) is 0 Å². The number of benzene rings is 2. The minimum atomic E-state index is 0.320. The number of para-hydroxylation sites is 1. The Bertz CT molecular complexity index is 807. The van der Waals surface area contributed by atoms with Crippen LogP contribution < -0.4 is 4.90 Å². The smallest absolute Gasteiger partial charge is 0.120 e. The van der Waals surface area contributed by atoms with Crippen molar-refractivity contribution in [1.82, 2.24) is 0 Å². The number of rotatable bonds is 8. The van der Waals surface area contributed by atoms with Crippen molar-refractivity contribution in [3.05, 3.63) is 48.0 Å². The molecule has 0 amide bonds. The van der Waals surface area contributed by atoms with E-state index < -0.39 is 0 Å². The molecule has 29 heavy (non-hydrogen) atoms. The van der Waals surface area contributed by atoms with E-state index in [-0.39, 0.29) is 0 Å². The SMILES string of the molecule is CCCCC1(CCCC)CSc2cc(O)c(C3CC3)cc2N(c2ccccc2)C1. The second-order valence-corrected chi connectivity index (χ2v) is 10.1. The van der Waals surface area contributed by atoms with Gasteiger partial charge in [-0.3, -0.25) is 0 Å². The van der Waals surface area contributed by atoms with Gasteiger partial charge in [-0.25, -0.2) is 0 Å². The molecule has 1 aliphatic heterocycles. The molecule has 156 valence electrons. The number of hydrogen-bond donors (Lipinski definition) is 1. The first-order valence-corrected chi connectivity index (χ1v) is 12.5. The Kier molecular flexibility index (Phi) is 6.44. The van der Waals surface area contributed by atoms with Crippen molar-refractivity contribution in [1.29, 1.82) is 0 Å². The maximum atomic E-state index is 10.7. The summed E-state index contributed by atoms with van der Waals surface area (Å²) in [5.74, 6) is 2.20. The molecule has 1 heterocycles. The van der Waals surface area contributed by atoms with Gasteiger partial charge in [0.05, 0.1) is 5.69 Å². The summed E-state index contributed by atoms with van der Waals surface area (Å²) < 4.78 is 0. The highest BCUT2D eigenvalue weighted by Gasteiger charge is 2.37. The maximum Gasteiger partial charge on any atom is 0.120 e. The Balaban J connectivity index is 1.77. The molecule has 1 aliphatic carbocycles. The van der Waals surface area contributed by atoms with Crippen LogP contribution in [-0.4, -0.2) is 17.4 Å². The van der Waals surface area contributed by atoms with Gasteiger partial charge in [-0.1, -0.05) is 57.7 Å². The van der Waals surface area contributed by atoms with E-state index in [0.29, 0.717) is 17.1 Å². The fraction of sp³-hybridized carbons (Fsp3) is 0.538. The van der Waals surface area contributed by atoms with Crippen molar-refractivity contribution in [2.75, 3.05) is 17.2 Å². The predicted octanol–water partition coefficient (Wildman–Crippen LogP) is 7.88. The third-order valence-electron chi connectivity index (χ3n) is 6.63. The summed E-state index contributed by atoms with van der Waals surface area (Å²) in [6.45, 7) is 5.69. The molecule has 2 aliphatic rings. The normalized spacial score (nSPS) is 18.3. The lowest BCUT2D eigenvalue weighted by Gasteiger charge is -2.37. The third kappa shape index (κ3) is 4.60. The van der Waals surface area contributed by atoms with E-state index in [0.717, 1.165) is 17.9 Å². The molecule has 0 atom stereocenters. The maximum absolute atomic E-state index is 10.7. The molecule has 1 saturated carbocycles. The standard InChI is InChI=1S/C26H35NOS/c1-3-5-14-26(15-6-4-2)18-27(21-10-8-7-9-11-21)23-16-22(20-12-13-20)24(28)17-25(23)29-19-26/h7-11,16-17,20,28H,3-6,12-15,18-19H2,1-2H3. The van der Waals surface area contributed by atoms with Gasteiger partial charge in [0.2, 0.25) is 0 Å². The summed E-state index contributed by atoms with van der Waals surface area (Å²) in [5.41, 5.74) is 4.05. The summed E-state index contributed by atoms with van der Waals surface area (Å²) in [7, 11) is 0. The summed E-state index contributed by atoms with van der Waals surface area (Å²) in [5, 5.41) is 10.7. The number of unbranched alkanes of at least 4 members (excludes halogenated alkanes) is 2. The number of phenolic OH excluding ortho intramolecular Hbond substituents is 1. The minimum absolute atomic E-state index is 0.320. The molecule has 2 aromatic rings. The summed E-state index contributed by atoms with van der Waals surface area (Å²) in [4.78, 5) is 3.80. The first-order chi connectivity index (χ1) is 14.2. The highest BCUT2D eigenvalue weighted by molar-refractivity contribution is 7.99. The van der Waals surface area contributed by atoms with Crippen molar-refractivity contribution >= 4 is 23.1 Å². The lowest BCUT2D eigenvalue weighted by molar-refractivity contribution is 0.274. The summed E-state index contributed by atoms with van der Waals surface area (Å²) in [6.07, 6.45) is 10.1. The summed E-state index contributed by atoms with van der Waals surface area (Å²) >= 11 is 1.97. The van der Waals surface area contributed by atoms with E-state index in [1.807, 2.05) is 11.8 Å². The number of aromatic hydroxyl groups is 1. The van der Waals surface area contributed by atoms with E-state index in [1.54, 1.807) is 0 Å². The Morgan fingerprint density at radius 3 is 2.34 bits per heavy atom. The zero-order valence-electron chi connectivity index (χ0n) is 18.0. The average molecular weight is 410 g/mol. The Morgan fingerprint density at radius 2 is 1.72 bits per heavy atom. The van der Waals surface area contributed by atoms with E-state index >= 15 is 0 Å². The fourth-order valence-electron chi connectivity index (χ4n) is 4.69. The van der Waals surface area contributed by atoms with Gasteiger partial charge >= 0.3 is 0 Å². The second-order valence-electron chi connectivity index (χ2n) is 9.07. The van der Waals surface area contributed by atoms with Crippen LogP contribution in [0.25, 0.3) is 0 Å². The van der Waals surface area contributed by atoms with Gasteiger partial charge < -0.3 is 10.0 Å². The van der Waals surface area contributed by atoms with Gasteiger partial charge in [0.1, 0.15) is 5.75 Å². The van der Waals surface area contributed by atoms with Crippen molar-refractivity contribution in [2.45, 2.75) is 76.0 Å². The van der Waals surface area contributed by atoms with Crippen molar-refractivity contribution in [2.24, 2.45) is 5.41 Å². The zero-order chi connectivity index (χ0) is 20.3. The number of hydrogen-bond acceptors (Lipinski definition) is 3. The van der Waals surface area contributed by atoms with Gasteiger partial charge in [0, 0.05) is 22.9 Å². The highest BCUT2D eigenvalue weighted by atomic mass is 32.2. The number of thioether (sulfide) groups is 1. The van der Waals surface area contributed by atoms with Crippen LogP contribution in [0.3, 0.4) is 0 Å². The van der Waals surface area contributed by atoms with Gasteiger partial charge in [0.15, 0.2) is 0 Å². The van der Waals surface area contributed by atoms with E-state index in [1.165, 1.54) is 67.6 Å². The van der Waals surface area contributed by atoms with Gasteiger partial charge in [-0.05, 0) is 66.8 Å². The highest BCUT2D eigenvalue weighted by Crippen LogP contribution is 2.52. The summed E-state index contributed by atoms with van der Waals surface area (Å²) in [6, 6.07) is 15.2. The van der Waals surface area contributed by atoms with Crippen LogP contribution in [0, 0.1) is 5.41 Å². The number of nitrogens with zero attached hydrogens (tertiary/aromatic N) is 1. The lowest BCUT2D eigenvalue weighted by Crippen LogP contribution is -2.36.